The number of nitrogens with zero attached hydrogens (tertiary/aromatic N) is 5. The van der Waals surface area contributed by atoms with Crippen molar-refractivity contribution in [3.63, 3.8) is 0 Å². The smallest absolute Gasteiger partial charge is 0.280 e. The molecular weight excluding hydrogens is 424 g/mol. The highest BCUT2D eigenvalue weighted by Crippen LogP contribution is 2.55. The summed E-state index contributed by atoms with van der Waals surface area (Å²) in [5.74, 6) is -1.11. The van der Waals surface area contributed by atoms with Crippen LogP contribution in [0.15, 0.2) is 64.7 Å². The quantitative estimate of drug-likeness (QED) is 0.563. The first-order chi connectivity index (χ1) is 15.4. The minimum atomic E-state index is -1.79. The minimum Gasteiger partial charge on any atom is -0.399 e. The summed E-state index contributed by atoms with van der Waals surface area (Å²) in [6, 6.07) is 17.5. The maximum atomic E-state index is 11.3. The van der Waals surface area contributed by atoms with Crippen LogP contribution in [0.2, 0.25) is 0 Å². The van der Waals surface area contributed by atoms with Crippen molar-refractivity contribution in [1.82, 2.24) is 4.90 Å². The van der Waals surface area contributed by atoms with Crippen LogP contribution >= 0.6 is 11.3 Å². The highest BCUT2D eigenvalue weighted by molar-refractivity contribution is 7.10. The van der Waals surface area contributed by atoms with Crippen molar-refractivity contribution >= 4 is 17.0 Å². The molecular formula is C23H18N6O2S. The second-order valence-electron chi connectivity index (χ2n) is 7.82. The molecule has 4 rings (SSSR count). The molecule has 9 heteroatoms. The van der Waals surface area contributed by atoms with Crippen LogP contribution in [-0.2, 0) is 6.54 Å². The van der Waals surface area contributed by atoms with E-state index in [1.807, 2.05) is 36.4 Å². The molecule has 1 aliphatic carbocycles. The summed E-state index contributed by atoms with van der Waals surface area (Å²) in [5.41, 5.74) is 6.31. The van der Waals surface area contributed by atoms with E-state index >= 15 is 0 Å². The van der Waals surface area contributed by atoms with Gasteiger partial charge in [0.05, 0.1) is 33.7 Å². The Morgan fingerprint density at radius 3 is 2.56 bits per heavy atom. The lowest BCUT2D eigenvalue weighted by molar-refractivity contribution is -0.384. The van der Waals surface area contributed by atoms with Crippen molar-refractivity contribution < 1.29 is 4.92 Å². The van der Waals surface area contributed by atoms with Gasteiger partial charge in [-0.15, -0.1) is 11.3 Å². The number of nitro groups is 1. The molecule has 158 valence electrons. The number of nitrogens with two attached hydrogens (primary N) is 1. The molecule has 0 radical (unpaired) electrons. The van der Waals surface area contributed by atoms with Crippen molar-refractivity contribution in [2.24, 2.45) is 17.1 Å². The third-order valence-corrected chi connectivity index (χ3v) is 7.12. The summed E-state index contributed by atoms with van der Waals surface area (Å²) in [6.45, 7) is 1.73. The zero-order chi connectivity index (χ0) is 22.9. The molecule has 1 aromatic heterocycles. The predicted molar refractivity (Wildman–Crippen MR) is 117 cm³/mol. The number of thiophene rings is 1. The van der Waals surface area contributed by atoms with E-state index in [9.17, 15) is 25.9 Å². The van der Waals surface area contributed by atoms with Gasteiger partial charge in [-0.3, -0.25) is 15.0 Å². The van der Waals surface area contributed by atoms with Crippen molar-refractivity contribution in [3.05, 3.63) is 85.3 Å². The first kappa shape index (κ1) is 21.3. The van der Waals surface area contributed by atoms with Crippen LogP contribution < -0.4 is 5.73 Å². The molecule has 1 aliphatic heterocycles. The summed E-state index contributed by atoms with van der Waals surface area (Å²) in [7, 11) is 0. The van der Waals surface area contributed by atoms with Gasteiger partial charge in [0, 0.05) is 42.4 Å². The van der Waals surface area contributed by atoms with E-state index in [1.54, 1.807) is 0 Å². The highest BCUT2D eigenvalue weighted by Gasteiger charge is 2.55. The third kappa shape index (κ3) is 3.33. The van der Waals surface area contributed by atoms with Crippen LogP contribution in [0.3, 0.4) is 0 Å². The first-order valence-electron chi connectivity index (χ1n) is 9.87. The number of nitriles is 3. The van der Waals surface area contributed by atoms with Crippen LogP contribution in [0, 0.1) is 55.4 Å². The van der Waals surface area contributed by atoms with E-state index in [0.717, 1.165) is 16.9 Å². The Morgan fingerprint density at radius 1 is 1.25 bits per heavy atom. The maximum Gasteiger partial charge on any atom is 0.280 e. The highest BCUT2D eigenvalue weighted by atomic mass is 32.1. The number of hydrogen-bond acceptors (Lipinski definition) is 8. The third-order valence-electron chi connectivity index (χ3n) is 6.11. The Bertz CT molecular complexity index is 1240. The topological polar surface area (TPSA) is 144 Å². The predicted octanol–water partition coefficient (Wildman–Crippen LogP) is 3.58. The van der Waals surface area contributed by atoms with Crippen molar-refractivity contribution in [2.75, 3.05) is 13.1 Å². The fraction of sp³-hybridized carbons (Fsp3) is 0.261. The van der Waals surface area contributed by atoms with E-state index in [4.69, 9.17) is 5.73 Å². The monoisotopic (exact) mass is 442 g/mol. The Kier molecular flexibility index (Phi) is 5.50. The molecule has 8 nitrogen and oxygen atoms in total. The average Bonchev–Trinajstić information content (AvgIpc) is 3.29. The fourth-order valence-electron chi connectivity index (χ4n) is 4.62. The van der Waals surface area contributed by atoms with Crippen molar-refractivity contribution in [2.45, 2.75) is 12.5 Å². The fourth-order valence-corrected chi connectivity index (χ4v) is 5.70. The molecule has 0 bridgehead atoms. The SMILES string of the molecule is N#CC1=C(N)C(C#N)(C#N)[C@@H](c2cc([N+](=O)[O-])cs2)[C@@H]2CN(Cc3ccccc3)CC=C12. The second-order valence-corrected chi connectivity index (χ2v) is 8.76. The van der Waals surface area contributed by atoms with E-state index in [0.29, 0.717) is 30.1 Å². The van der Waals surface area contributed by atoms with Crippen LogP contribution in [0.25, 0.3) is 0 Å². The minimum absolute atomic E-state index is 0.0786. The van der Waals surface area contributed by atoms with Gasteiger partial charge < -0.3 is 5.73 Å². The molecule has 0 unspecified atom stereocenters. The van der Waals surface area contributed by atoms with Gasteiger partial charge in [0.1, 0.15) is 6.07 Å². The van der Waals surface area contributed by atoms with Gasteiger partial charge in [-0.25, -0.2) is 0 Å². The normalized spacial score (nSPS) is 22.1. The molecule has 0 fully saturated rings. The molecule has 1 aromatic carbocycles. The Hall–Kier alpha value is -3.97. The van der Waals surface area contributed by atoms with Gasteiger partial charge in [-0.2, -0.15) is 15.8 Å². The summed E-state index contributed by atoms with van der Waals surface area (Å²) in [6.07, 6.45) is 1.93. The molecule has 2 aliphatic rings. The number of allylic oxidation sites excluding steroid dienone is 2. The van der Waals surface area contributed by atoms with E-state index < -0.39 is 16.3 Å². The van der Waals surface area contributed by atoms with Crippen LogP contribution in [0.5, 0.6) is 0 Å². The average molecular weight is 443 g/mol. The molecule has 32 heavy (non-hydrogen) atoms. The van der Waals surface area contributed by atoms with Gasteiger partial charge in [0.25, 0.3) is 5.69 Å². The van der Waals surface area contributed by atoms with Gasteiger partial charge in [-0.1, -0.05) is 36.4 Å². The van der Waals surface area contributed by atoms with Crippen LogP contribution in [0.4, 0.5) is 5.69 Å². The van der Waals surface area contributed by atoms with Gasteiger partial charge >= 0.3 is 0 Å². The lowest BCUT2D eigenvalue weighted by Crippen LogP contribution is -2.47. The molecule has 2 N–H and O–H groups in total. The van der Waals surface area contributed by atoms with E-state index in [2.05, 4.69) is 23.1 Å². The van der Waals surface area contributed by atoms with E-state index in [1.165, 1.54) is 11.4 Å². The van der Waals surface area contributed by atoms with Gasteiger partial charge in [-0.05, 0) is 11.1 Å². The second kappa shape index (κ2) is 8.28. The summed E-state index contributed by atoms with van der Waals surface area (Å²) in [4.78, 5) is 13.5. The number of rotatable bonds is 4. The largest absolute Gasteiger partial charge is 0.399 e. The number of hydrogen-bond donors (Lipinski definition) is 1. The lowest BCUT2D eigenvalue weighted by Gasteiger charge is -2.45. The van der Waals surface area contributed by atoms with E-state index in [-0.39, 0.29) is 22.9 Å². The first-order valence-corrected chi connectivity index (χ1v) is 10.8. The molecule has 0 saturated heterocycles. The Labute approximate surface area is 188 Å². The Balaban J connectivity index is 1.84. The molecule has 0 amide bonds. The summed E-state index contributed by atoms with van der Waals surface area (Å²) >= 11 is 1.14. The summed E-state index contributed by atoms with van der Waals surface area (Å²) in [5, 5.41) is 42.7. The van der Waals surface area contributed by atoms with Gasteiger partial charge in [0.15, 0.2) is 5.41 Å². The van der Waals surface area contributed by atoms with Crippen LogP contribution in [0.1, 0.15) is 16.4 Å². The molecule has 2 heterocycles. The molecule has 2 aromatic rings. The molecule has 0 saturated carbocycles. The van der Waals surface area contributed by atoms with Crippen molar-refractivity contribution in [3.8, 4) is 18.2 Å². The maximum absolute atomic E-state index is 11.3. The molecule has 0 spiro atoms. The number of benzene rings is 1. The Morgan fingerprint density at radius 2 is 1.97 bits per heavy atom. The zero-order valence-corrected chi connectivity index (χ0v) is 17.7. The van der Waals surface area contributed by atoms with Crippen molar-refractivity contribution in [1.29, 1.82) is 15.8 Å². The lowest BCUT2D eigenvalue weighted by atomic mass is 9.59. The zero-order valence-electron chi connectivity index (χ0n) is 16.9. The van der Waals surface area contributed by atoms with Gasteiger partial charge in [0.2, 0.25) is 0 Å². The summed E-state index contributed by atoms with van der Waals surface area (Å²) < 4.78 is 0. The number of fused-ring (bicyclic) bond motifs is 1. The molecule has 2 atom stereocenters. The standard InChI is InChI=1S/C23H18N6O2S/c24-9-18-17-6-7-28(10-15-4-2-1-3-5-15)11-19(17)21(23(13-25,14-26)22(18)27)20-8-16(12-32-20)29(30)31/h1-6,8,12,19,21H,7,10-11,27H2/t19-,21-/m1/s1. The van der Waals surface area contributed by atoms with Crippen LogP contribution in [-0.4, -0.2) is 22.9 Å².